The summed E-state index contributed by atoms with van der Waals surface area (Å²) in [6.07, 6.45) is 1.88. The second-order valence-electron chi connectivity index (χ2n) is 4.34. The zero-order valence-corrected chi connectivity index (χ0v) is 11.8. The molecule has 2 rings (SSSR count). The lowest BCUT2D eigenvalue weighted by molar-refractivity contribution is 0.271. The van der Waals surface area contributed by atoms with Gasteiger partial charge in [-0.1, -0.05) is 13.8 Å². The van der Waals surface area contributed by atoms with E-state index in [9.17, 15) is 5.11 Å². The molecule has 0 aromatic carbocycles. The normalized spacial score (nSPS) is 12.9. The van der Waals surface area contributed by atoms with E-state index in [2.05, 4.69) is 28.3 Å². The predicted molar refractivity (Wildman–Crippen MR) is 76.3 cm³/mol. The highest BCUT2D eigenvalue weighted by Gasteiger charge is 2.12. The molecule has 98 valence electrons. The maximum atomic E-state index is 9.28. The number of aromatic nitrogens is 2. The minimum atomic E-state index is 0.0486. The van der Waals surface area contributed by atoms with E-state index in [1.807, 2.05) is 13.8 Å². The maximum absolute atomic E-state index is 9.28. The lowest BCUT2D eigenvalue weighted by Gasteiger charge is -2.15. The van der Waals surface area contributed by atoms with Crippen molar-refractivity contribution in [3.8, 4) is 0 Å². The summed E-state index contributed by atoms with van der Waals surface area (Å²) in [5.74, 6) is 1.61. The molecular weight excluding hydrogens is 246 g/mol. The Hall–Kier alpha value is -1.20. The fraction of sp³-hybridized carbons (Fsp3) is 0.538. The average Bonchev–Trinajstić information content (AvgIpc) is 2.78. The molecule has 5 heteroatoms. The van der Waals surface area contributed by atoms with Gasteiger partial charge in [-0.25, -0.2) is 9.97 Å². The van der Waals surface area contributed by atoms with Crippen molar-refractivity contribution in [1.29, 1.82) is 0 Å². The van der Waals surface area contributed by atoms with E-state index in [4.69, 9.17) is 0 Å². The first-order valence-electron chi connectivity index (χ1n) is 6.32. The number of nitrogens with zero attached hydrogens (tertiary/aromatic N) is 2. The second kappa shape index (κ2) is 5.63. The Bertz CT molecular complexity index is 534. The van der Waals surface area contributed by atoms with Gasteiger partial charge in [0.05, 0.1) is 18.0 Å². The number of aliphatic hydroxyl groups is 1. The first-order valence-corrected chi connectivity index (χ1v) is 7.14. The monoisotopic (exact) mass is 265 g/mol. The summed E-state index contributed by atoms with van der Waals surface area (Å²) in [5.41, 5.74) is 0. The van der Waals surface area contributed by atoms with Gasteiger partial charge in [-0.15, -0.1) is 11.3 Å². The molecule has 0 saturated heterocycles. The number of hydrogen-bond donors (Lipinski definition) is 2. The van der Waals surface area contributed by atoms with E-state index in [1.54, 1.807) is 11.3 Å². The third kappa shape index (κ3) is 2.62. The first-order chi connectivity index (χ1) is 8.67. The number of rotatable bonds is 5. The van der Waals surface area contributed by atoms with Gasteiger partial charge in [-0.05, 0) is 25.8 Å². The van der Waals surface area contributed by atoms with Gasteiger partial charge in [0.1, 0.15) is 16.5 Å². The summed E-state index contributed by atoms with van der Waals surface area (Å²) < 4.78 is 0. The van der Waals surface area contributed by atoms with Crippen LogP contribution in [0.5, 0.6) is 0 Å². The van der Waals surface area contributed by atoms with Gasteiger partial charge >= 0.3 is 0 Å². The number of thiophene rings is 1. The topological polar surface area (TPSA) is 58.0 Å². The third-order valence-corrected chi connectivity index (χ3v) is 4.13. The van der Waals surface area contributed by atoms with Crippen molar-refractivity contribution in [2.24, 2.45) is 0 Å². The fourth-order valence-corrected chi connectivity index (χ4v) is 2.85. The largest absolute Gasteiger partial charge is 0.394 e. The third-order valence-electron chi connectivity index (χ3n) is 2.96. The van der Waals surface area contributed by atoms with Gasteiger partial charge in [-0.2, -0.15) is 0 Å². The van der Waals surface area contributed by atoms with Gasteiger partial charge in [0.25, 0.3) is 0 Å². The van der Waals surface area contributed by atoms with E-state index in [-0.39, 0.29) is 12.6 Å². The maximum Gasteiger partial charge on any atom is 0.138 e. The summed E-state index contributed by atoms with van der Waals surface area (Å²) in [5, 5.41) is 13.6. The quantitative estimate of drug-likeness (QED) is 0.872. The number of aliphatic hydroxyl groups excluding tert-OH is 1. The lowest BCUT2D eigenvalue weighted by atomic mass is 10.2. The molecule has 1 unspecified atom stereocenters. The number of nitrogens with one attached hydrogen (secondary N) is 1. The summed E-state index contributed by atoms with van der Waals surface area (Å²) >= 11 is 1.71. The fourth-order valence-electron chi connectivity index (χ4n) is 1.83. The Morgan fingerprint density at radius 3 is 2.78 bits per heavy atom. The van der Waals surface area contributed by atoms with Crippen LogP contribution in [0.4, 0.5) is 5.82 Å². The van der Waals surface area contributed by atoms with Crippen molar-refractivity contribution < 1.29 is 5.11 Å². The van der Waals surface area contributed by atoms with Crippen molar-refractivity contribution in [2.45, 2.75) is 39.7 Å². The molecular formula is C13H19N3OS. The number of aryl methyl sites for hydroxylation is 2. The summed E-state index contributed by atoms with van der Waals surface area (Å²) in [6.45, 7) is 6.20. The zero-order chi connectivity index (χ0) is 13.1. The van der Waals surface area contributed by atoms with Crippen molar-refractivity contribution >= 4 is 27.4 Å². The Morgan fingerprint density at radius 2 is 2.17 bits per heavy atom. The molecule has 0 aliphatic heterocycles. The highest BCUT2D eigenvalue weighted by atomic mass is 32.1. The standard InChI is InChI=1S/C13H19N3OS/c1-4-9(7-17)16-12-11-6-10(5-2)18-13(11)15-8(3)14-12/h6,9,17H,4-5,7H2,1-3H3,(H,14,15,16). The second-order valence-corrected chi connectivity index (χ2v) is 5.45. The summed E-state index contributed by atoms with van der Waals surface area (Å²) in [4.78, 5) is 11.3. The number of anilines is 1. The summed E-state index contributed by atoms with van der Waals surface area (Å²) in [7, 11) is 0. The first kappa shape index (κ1) is 13.2. The molecule has 0 spiro atoms. The molecule has 0 radical (unpaired) electrons. The molecule has 1 atom stereocenters. The van der Waals surface area contributed by atoms with Gasteiger partial charge in [0.2, 0.25) is 0 Å². The Labute approximate surface area is 111 Å². The number of fused-ring (bicyclic) bond motifs is 1. The molecule has 0 bridgehead atoms. The molecule has 4 nitrogen and oxygen atoms in total. The highest BCUT2D eigenvalue weighted by molar-refractivity contribution is 7.18. The molecule has 2 aromatic rings. The number of hydrogen-bond acceptors (Lipinski definition) is 5. The molecule has 2 aromatic heterocycles. The average molecular weight is 265 g/mol. The van der Waals surface area contributed by atoms with Crippen LogP contribution in [0.1, 0.15) is 31.0 Å². The molecule has 0 aliphatic rings. The van der Waals surface area contributed by atoms with Gasteiger partial charge in [0.15, 0.2) is 0 Å². The minimum Gasteiger partial charge on any atom is -0.394 e. The smallest absolute Gasteiger partial charge is 0.138 e. The predicted octanol–water partition coefficient (Wildman–Crippen LogP) is 2.74. The van der Waals surface area contributed by atoms with Crippen molar-refractivity contribution in [2.75, 3.05) is 11.9 Å². The molecule has 0 amide bonds. The van der Waals surface area contributed by atoms with Crippen LogP contribution in [0, 0.1) is 6.92 Å². The SMILES string of the molecule is CCc1cc2c(NC(CC)CO)nc(C)nc2s1. The van der Waals surface area contributed by atoms with Gasteiger partial charge in [-0.3, -0.25) is 0 Å². The van der Waals surface area contributed by atoms with E-state index < -0.39 is 0 Å². The Morgan fingerprint density at radius 1 is 1.39 bits per heavy atom. The van der Waals surface area contributed by atoms with E-state index >= 15 is 0 Å². The summed E-state index contributed by atoms with van der Waals surface area (Å²) in [6, 6.07) is 2.19. The van der Waals surface area contributed by atoms with Crippen molar-refractivity contribution in [1.82, 2.24) is 9.97 Å². The molecule has 0 fully saturated rings. The Balaban J connectivity index is 2.44. The van der Waals surface area contributed by atoms with Crippen LogP contribution in [0.2, 0.25) is 0 Å². The minimum absolute atomic E-state index is 0.0486. The van der Waals surface area contributed by atoms with Crippen LogP contribution in [0.25, 0.3) is 10.2 Å². The Kier molecular flexibility index (Phi) is 4.14. The van der Waals surface area contributed by atoms with Crippen LogP contribution < -0.4 is 5.32 Å². The van der Waals surface area contributed by atoms with Crippen molar-refractivity contribution in [3.05, 3.63) is 16.8 Å². The van der Waals surface area contributed by atoms with Crippen LogP contribution in [0.3, 0.4) is 0 Å². The van der Waals surface area contributed by atoms with E-state index in [1.165, 1.54) is 4.88 Å². The molecule has 0 saturated carbocycles. The molecule has 0 aliphatic carbocycles. The zero-order valence-electron chi connectivity index (χ0n) is 11.0. The van der Waals surface area contributed by atoms with Crippen LogP contribution in [-0.4, -0.2) is 27.7 Å². The van der Waals surface area contributed by atoms with Crippen LogP contribution >= 0.6 is 11.3 Å². The lowest BCUT2D eigenvalue weighted by Crippen LogP contribution is -2.23. The van der Waals surface area contributed by atoms with Crippen LogP contribution in [0.15, 0.2) is 6.07 Å². The van der Waals surface area contributed by atoms with E-state index in [0.717, 1.165) is 34.7 Å². The highest BCUT2D eigenvalue weighted by Crippen LogP contribution is 2.29. The van der Waals surface area contributed by atoms with Gasteiger partial charge < -0.3 is 10.4 Å². The molecule has 18 heavy (non-hydrogen) atoms. The van der Waals surface area contributed by atoms with E-state index in [0.29, 0.717) is 0 Å². The van der Waals surface area contributed by atoms with Crippen LogP contribution in [-0.2, 0) is 6.42 Å². The van der Waals surface area contributed by atoms with Crippen molar-refractivity contribution in [3.63, 3.8) is 0 Å². The molecule has 2 heterocycles. The molecule has 2 N–H and O–H groups in total. The van der Waals surface area contributed by atoms with Gasteiger partial charge in [0, 0.05) is 4.88 Å².